The molecular formula is C16H15NOS. The number of hydrogen-bond donors (Lipinski definition) is 0. The molecule has 1 aromatic heterocycles. The molecule has 0 saturated heterocycles. The summed E-state index contributed by atoms with van der Waals surface area (Å²) in [6.07, 6.45) is 6.72. The Bertz CT molecular complexity index is 724. The smallest absolute Gasteiger partial charge is 0.191 e. The van der Waals surface area contributed by atoms with Gasteiger partial charge in [-0.15, -0.1) is 11.3 Å². The van der Waals surface area contributed by atoms with Gasteiger partial charge in [-0.1, -0.05) is 12.8 Å². The number of nitriles is 1. The highest BCUT2D eigenvalue weighted by Crippen LogP contribution is 2.27. The molecule has 0 bridgehead atoms. The molecule has 1 aromatic carbocycles. The molecule has 2 aromatic rings. The summed E-state index contributed by atoms with van der Waals surface area (Å²) in [4.78, 5) is 13.8. The van der Waals surface area contributed by atoms with E-state index in [4.69, 9.17) is 5.26 Å². The van der Waals surface area contributed by atoms with Crippen LogP contribution in [0.3, 0.4) is 0 Å². The van der Waals surface area contributed by atoms with Crippen molar-refractivity contribution in [2.24, 2.45) is 0 Å². The second kappa shape index (κ2) is 5.14. The minimum atomic E-state index is 0.190. The highest BCUT2D eigenvalue weighted by atomic mass is 32.1. The van der Waals surface area contributed by atoms with Gasteiger partial charge in [-0.3, -0.25) is 4.79 Å². The molecule has 3 rings (SSSR count). The Labute approximate surface area is 116 Å². The minimum Gasteiger partial charge on any atom is -0.289 e. The van der Waals surface area contributed by atoms with Crippen LogP contribution in [0.4, 0.5) is 0 Å². The molecule has 0 unspecified atom stereocenters. The van der Waals surface area contributed by atoms with Crippen molar-refractivity contribution in [2.45, 2.75) is 38.5 Å². The molecule has 1 aliphatic carbocycles. The van der Waals surface area contributed by atoms with Crippen LogP contribution in [0.25, 0.3) is 10.1 Å². The molecule has 3 heteroatoms. The lowest BCUT2D eigenvalue weighted by Gasteiger charge is -2.13. The zero-order valence-corrected chi connectivity index (χ0v) is 11.6. The summed E-state index contributed by atoms with van der Waals surface area (Å²) in [6, 6.07) is 7.55. The summed E-state index contributed by atoms with van der Waals surface area (Å²) in [7, 11) is 0. The van der Waals surface area contributed by atoms with E-state index in [0.717, 1.165) is 34.9 Å². The van der Waals surface area contributed by atoms with E-state index >= 15 is 0 Å². The first-order chi connectivity index (χ1) is 9.29. The maximum Gasteiger partial charge on any atom is 0.191 e. The van der Waals surface area contributed by atoms with Gasteiger partial charge >= 0.3 is 0 Å². The molecule has 96 valence electrons. The zero-order valence-electron chi connectivity index (χ0n) is 10.7. The van der Waals surface area contributed by atoms with E-state index in [9.17, 15) is 4.79 Å². The number of benzene rings is 1. The van der Waals surface area contributed by atoms with Gasteiger partial charge in [-0.25, -0.2) is 0 Å². The second-order valence-electron chi connectivity index (χ2n) is 5.07. The van der Waals surface area contributed by atoms with E-state index in [2.05, 4.69) is 6.07 Å². The molecule has 0 aliphatic heterocycles. The largest absolute Gasteiger partial charge is 0.289 e. The molecular weight excluding hydrogens is 254 g/mol. The van der Waals surface area contributed by atoms with Crippen LogP contribution in [0.5, 0.6) is 0 Å². The van der Waals surface area contributed by atoms with Crippen molar-refractivity contribution >= 4 is 21.4 Å². The number of nitrogens with zero attached hydrogens (tertiary/aromatic N) is 1. The Morgan fingerprint density at radius 2 is 1.89 bits per heavy atom. The lowest BCUT2D eigenvalue weighted by atomic mass is 9.98. The summed E-state index contributed by atoms with van der Waals surface area (Å²) in [5, 5.41) is 9.74. The lowest BCUT2D eigenvalue weighted by Crippen LogP contribution is -2.13. The average Bonchev–Trinajstić information content (AvgIpc) is 2.40. The van der Waals surface area contributed by atoms with Gasteiger partial charge in [-0.05, 0) is 43.9 Å². The van der Waals surface area contributed by atoms with Crippen molar-refractivity contribution in [2.75, 3.05) is 0 Å². The normalized spacial score (nSPS) is 15.3. The number of rotatable bonds is 0. The highest BCUT2D eigenvalue weighted by Gasteiger charge is 2.14. The van der Waals surface area contributed by atoms with Crippen molar-refractivity contribution in [1.29, 1.82) is 5.26 Å². The zero-order chi connectivity index (χ0) is 13.2. The molecule has 0 spiro atoms. The van der Waals surface area contributed by atoms with Crippen LogP contribution >= 0.6 is 11.3 Å². The predicted molar refractivity (Wildman–Crippen MR) is 78.7 cm³/mol. The van der Waals surface area contributed by atoms with Gasteiger partial charge in [0, 0.05) is 20.5 Å². The van der Waals surface area contributed by atoms with E-state index < -0.39 is 0 Å². The van der Waals surface area contributed by atoms with Crippen LogP contribution in [-0.2, 0) is 12.8 Å². The third kappa shape index (κ3) is 2.29. The van der Waals surface area contributed by atoms with E-state index in [0.29, 0.717) is 5.56 Å². The Morgan fingerprint density at radius 3 is 2.68 bits per heavy atom. The van der Waals surface area contributed by atoms with Crippen LogP contribution in [0.2, 0.25) is 0 Å². The topological polar surface area (TPSA) is 40.9 Å². The molecule has 0 fully saturated rings. The Kier molecular flexibility index (Phi) is 3.35. The van der Waals surface area contributed by atoms with E-state index in [1.807, 2.05) is 12.1 Å². The SMILES string of the molecule is N#Cc1ccc2c(=O)c3c(sc2c1)CCCCCC3. The van der Waals surface area contributed by atoms with Crippen molar-refractivity contribution in [3.63, 3.8) is 0 Å². The van der Waals surface area contributed by atoms with Crippen molar-refractivity contribution < 1.29 is 0 Å². The quantitative estimate of drug-likeness (QED) is 0.730. The molecule has 0 N–H and O–H groups in total. The van der Waals surface area contributed by atoms with Crippen LogP contribution in [0, 0.1) is 11.3 Å². The van der Waals surface area contributed by atoms with Gasteiger partial charge in [0.15, 0.2) is 5.43 Å². The van der Waals surface area contributed by atoms with Crippen molar-refractivity contribution in [3.05, 3.63) is 44.4 Å². The van der Waals surface area contributed by atoms with E-state index in [1.54, 1.807) is 17.4 Å². The summed E-state index contributed by atoms with van der Waals surface area (Å²) < 4.78 is 0.961. The third-order valence-electron chi connectivity index (χ3n) is 3.78. The van der Waals surface area contributed by atoms with E-state index in [1.165, 1.54) is 24.1 Å². The van der Waals surface area contributed by atoms with Gasteiger partial charge < -0.3 is 0 Å². The molecule has 1 heterocycles. The Balaban J connectivity index is 2.25. The van der Waals surface area contributed by atoms with Gasteiger partial charge in [-0.2, -0.15) is 5.26 Å². The number of hydrogen-bond acceptors (Lipinski definition) is 3. The summed E-state index contributed by atoms with van der Waals surface area (Å²) in [5.41, 5.74) is 1.85. The first-order valence-electron chi connectivity index (χ1n) is 6.78. The maximum absolute atomic E-state index is 12.6. The minimum absolute atomic E-state index is 0.190. The molecule has 19 heavy (non-hydrogen) atoms. The number of fused-ring (bicyclic) bond motifs is 2. The Morgan fingerprint density at radius 1 is 1.11 bits per heavy atom. The van der Waals surface area contributed by atoms with Crippen LogP contribution in [0.1, 0.15) is 41.7 Å². The fraction of sp³-hybridized carbons (Fsp3) is 0.375. The van der Waals surface area contributed by atoms with Crippen molar-refractivity contribution in [1.82, 2.24) is 0 Å². The van der Waals surface area contributed by atoms with Gasteiger partial charge in [0.2, 0.25) is 0 Å². The molecule has 0 radical (unpaired) electrons. The Hall–Kier alpha value is -1.66. The molecule has 0 amide bonds. The molecule has 0 atom stereocenters. The fourth-order valence-electron chi connectivity index (χ4n) is 2.74. The summed E-state index contributed by atoms with van der Waals surface area (Å²) in [6.45, 7) is 0. The first-order valence-corrected chi connectivity index (χ1v) is 7.60. The summed E-state index contributed by atoms with van der Waals surface area (Å²) in [5.74, 6) is 0. The standard InChI is InChI=1S/C16H15NOS/c17-10-11-7-8-13-15(9-11)19-14-6-4-2-1-3-5-12(14)16(13)18/h7-9H,1-6H2. The van der Waals surface area contributed by atoms with E-state index in [-0.39, 0.29) is 5.43 Å². The van der Waals surface area contributed by atoms with Crippen LogP contribution in [0.15, 0.2) is 23.0 Å². The van der Waals surface area contributed by atoms with Crippen LogP contribution in [-0.4, -0.2) is 0 Å². The predicted octanol–water partition coefficient (Wildman–Crippen LogP) is 3.79. The lowest BCUT2D eigenvalue weighted by molar-refractivity contribution is 0.620. The maximum atomic E-state index is 12.6. The third-order valence-corrected chi connectivity index (χ3v) is 5.03. The second-order valence-corrected chi connectivity index (χ2v) is 6.21. The summed E-state index contributed by atoms with van der Waals surface area (Å²) >= 11 is 1.70. The molecule has 2 nitrogen and oxygen atoms in total. The number of aryl methyl sites for hydroxylation is 1. The molecule has 1 aliphatic rings. The van der Waals surface area contributed by atoms with Gasteiger partial charge in [0.05, 0.1) is 11.6 Å². The van der Waals surface area contributed by atoms with Crippen LogP contribution < -0.4 is 5.43 Å². The fourth-order valence-corrected chi connectivity index (χ4v) is 4.03. The van der Waals surface area contributed by atoms with Crippen molar-refractivity contribution in [3.8, 4) is 6.07 Å². The highest BCUT2D eigenvalue weighted by molar-refractivity contribution is 7.18. The van der Waals surface area contributed by atoms with Gasteiger partial charge in [0.25, 0.3) is 0 Å². The monoisotopic (exact) mass is 269 g/mol. The van der Waals surface area contributed by atoms with Gasteiger partial charge in [0.1, 0.15) is 0 Å². The first kappa shape index (κ1) is 12.4. The molecule has 0 saturated carbocycles. The average molecular weight is 269 g/mol.